The van der Waals surface area contributed by atoms with Crippen molar-refractivity contribution < 1.29 is 37.1 Å². The number of carbonyl (C=O) groups is 1. The van der Waals surface area contributed by atoms with Gasteiger partial charge in [-0.3, -0.25) is 14.9 Å². The molecule has 0 radical (unpaired) electrons. The molecular formula is C31H40F3N3O6. The van der Waals surface area contributed by atoms with E-state index in [0.717, 1.165) is 38.1 Å². The van der Waals surface area contributed by atoms with Gasteiger partial charge in [-0.1, -0.05) is 26.0 Å². The van der Waals surface area contributed by atoms with Gasteiger partial charge in [-0.2, -0.15) is 13.2 Å². The predicted molar refractivity (Wildman–Crippen MR) is 154 cm³/mol. The van der Waals surface area contributed by atoms with Crippen molar-refractivity contribution in [3.8, 4) is 11.5 Å². The molecule has 0 spiro atoms. The van der Waals surface area contributed by atoms with Crippen LogP contribution in [-0.4, -0.2) is 72.2 Å². The van der Waals surface area contributed by atoms with Crippen LogP contribution in [0.2, 0.25) is 0 Å². The van der Waals surface area contributed by atoms with Gasteiger partial charge in [-0.15, -0.1) is 0 Å². The minimum atomic E-state index is -4.34. The third-order valence-corrected chi connectivity index (χ3v) is 7.74. The van der Waals surface area contributed by atoms with E-state index in [-0.39, 0.29) is 42.1 Å². The van der Waals surface area contributed by atoms with Crippen LogP contribution < -0.4 is 9.47 Å². The molecule has 1 amide bonds. The molecule has 12 heteroatoms. The van der Waals surface area contributed by atoms with E-state index in [0.29, 0.717) is 56.8 Å². The molecule has 0 aliphatic carbocycles. The predicted octanol–water partition coefficient (Wildman–Crippen LogP) is 6.09. The fraction of sp³-hybridized carbons (Fsp3) is 0.581. The highest BCUT2D eigenvalue weighted by Crippen LogP contribution is 2.33. The van der Waals surface area contributed by atoms with E-state index >= 15 is 0 Å². The molecule has 9 nitrogen and oxygen atoms in total. The summed E-state index contributed by atoms with van der Waals surface area (Å²) in [6.07, 6.45) is -0.995. The number of nitro groups is 1. The first-order chi connectivity index (χ1) is 20.5. The number of hydrogen-bond acceptors (Lipinski definition) is 7. The van der Waals surface area contributed by atoms with Crippen LogP contribution in [0.25, 0.3) is 0 Å². The maximum Gasteiger partial charge on any atom is 0.416 e. The lowest BCUT2D eigenvalue weighted by molar-refractivity contribution is -0.385. The number of benzene rings is 2. The van der Waals surface area contributed by atoms with Gasteiger partial charge in [0.1, 0.15) is 11.9 Å². The summed E-state index contributed by atoms with van der Waals surface area (Å²) >= 11 is 0. The van der Waals surface area contributed by atoms with Crippen molar-refractivity contribution in [2.24, 2.45) is 5.92 Å². The lowest BCUT2D eigenvalue weighted by Gasteiger charge is -2.34. The Labute approximate surface area is 250 Å². The molecule has 0 unspecified atom stereocenters. The first-order valence-electron chi connectivity index (χ1n) is 14.8. The number of halogens is 3. The summed E-state index contributed by atoms with van der Waals surface area (Å²) in [6, 6.07) is 9.61. The van der Waals surface area contributed by atoms with Gasteiger partial charge < -0.3 is 24.0 Å². The highest BCUT2D eigenvalue weighted by atomic mass is 19.4. The van der Waals surface area contributed by atoms with Gasteiger partial charge in [0.2, 0.25) is 11.7 Å². The Kier molecular flexibility index (Phi) is 11.3. The van der Waals surface area contributed by atoms with Crippen LogP contribution in [0.4, 0.5) is 18.9 Å². The molecule has 4 rings (SSSR count). The molecule has 2 heterocycles. The number of amides is 1. The number of carbonyl (C=O) groups excluding carboxylic acids is 1. The average molecular weight is 608 g/mol. The molecule has 2 aliphatic rings. The second-order valence-electron chi connectivity index (χ2n) is 11.6. The van der Waals surface area contributed by atoms with Gasteiger partial charge in [0, 0.05) is 64.1 Å². The lowest BCUT2D eigenvalue weighted by Crippen LogP contribution is -2.44. The monoisotopic (exact) mass is 607 g/mol. The van der Waals surface area contributed by atoms with E-state index in [1.807, 2.05) is 18.7 Å². The molecule has 0 aromatic heterocycles. The summed E-state index contributed by atoms with van der Waals surface area (Å²) in [5, 5.41) is 11.4. The SMILES string of the molecule is CC(C)COc1cc(OC2CCN(C(=O)CCN3CCC(OCc4ccc(C(F)(F)F)cc4)CC3)CC2)ccc1[N+](=O)[O-]. The van der Waals surface area contributed by atoms with Crippen molar-refractivity contribution in [3.05, 3.63) is 63.7 Å². The van der Waals surface area contributed by atoms with E-state index in [4.69, 9.17) is 14.2 Å². The first kappa shape index (κ1) is 32.5. The molecule has 0 saturated carbocycles. The Morgan fingerprint density at radius 3 is 2.26 bits per heavy atom. The molecule has 2 aromatic carbocycles. The number of nitro benzene ring substituents is 1. The van der Waals surface area contributed by atoms with Crippen molar-refractivity contribution in [1.29, 1.82) is 0 Å². The number of nitrogens with zero attached hydrogens (tertiary/aromatic N) is 3. The van der Waals surface area contributed by atoms with Gasteiger partial charge in [-0.25, -0.2) is 0 Å². The maximum absolute atomic E-state index is 12.9. The highest BCUT2D eigenvalue weighted by molar-refractivity contribution is 5.76. The van der Waals surface area contributed by atoms with Crippen molar-refractivity contribution in [2.45, 2.75) is 70.9 Å². The van der Waals surface area contributed by atoms with Gasteiger partial charge in [-0.05, 0) is 42.5 Å². The summed E-state index contributed by atoms with van der Waals surface area (Å²) in [5.74, 6) is 1.04. The molecule has 0 atom stereocenters. The lowest BCUT2D eigenvalue weighted by atomic mass is 10.1. The third-order valence-electron chi connectivity index (χ3n) is 7.74. The van der Waals surface area contributed by atoms with Gasteiger partial charge in [0.25, 0.3) is 0 Å². The smallest absolute Gasteiger partial charge is 0.416 e. The van der Waals surface area contributed by atoms with Crippen LogP contribution in [-0.2, 0) is 22.3 Å². The van der Waals surface area contributed by atoms with Crippen LogP contribution in [0.1, 0.15) is 57.1 Å². The van der Waals surface area contributed by atoms with Gasteiger partial charge in [0.15, 0.2) is 0 Å². The van der Waals surface area contributed by atoms with Crippen LogP contribution >= 0.6 is 0 Å². The average Bonchev–Trinajstić information content (AvgIpc) is 2.98. The van der Waals surface area contributed by atoms with Gasteiger partial charge in [0.05, 0.1) is 29.8 Å². The molecule has 2 aromatic rings. The molecule has 0 bridgehead atoms. The largest absolute Gasteiger partial charge is 0.490 e. The van der Waals surface area contributed by atoms with E-state index in [1.165, 1.54) is 18.2 Å². The van der Waals surface area contributed by atoms with Crippen LogP contribution in [0.3, 0.4) is 0 Å². The topological polar surface area (TPSA) is 94.4 Å². The second kappa shape index (κ2) is 14.9. The Morgan fingerprint density at radius 2 is 1.65 bits per heavy atom. The number of rotatable bonds is 12. The number of alkyl halides is 3. The fourth-order valence-corrected chi connectivity index (χ4v) is 5.22. The maximum atomic E-state index is 12.9. The van der Waals surface area contributed by atoms with E-state index in [2.05, 4.69) is 4.90 Å². The molecule has 0 N–H and O–H groups in total. The van der Waals surface area contributed by atoms with E-state index in [9.17, 15) is 28.1 Å². The van der Waals surface area contributed by atoms with E-state index in [1.54, 1.807) is 12.1 Å². The Morgan fingerprint density at radius 1 is 1.00 bits per heavy atom. The van der Waals surface area contributed by atoms with Crippen LogP contribution in [0.15, 0.2) is 42.5 Å². The number of hydrogen-bond donors (Lipinski definition) is 0. The number of ether oxygens (including phenoxy) is 3. The van der Waals surface area contributed by atoms with E-state index < -0.39 is 16.7 Å². The normalized spacial score (nSPS) is 17.3. The summed E-state index contributed by atoms with van der Waals surface area (Å²) in [7, 11) is 0. The standard InChI is InChI=1S/C31H40F3N3O6/c1-22(2)20-42-29-19-27(7-8-28(29)37(39)40)43-26-11-17-36(18-12-26)30(38)13-16-35-14-9-25(10-15-35)41-21-23-3-5-24(6-4-23)31(32,33)34/h3-8,19,22,25-26H,9-18,20-21H2,1-2H3. The Balaban J connectivity index is 1.13. The van der Waals surface area contributed by atoms with Crippen LogP contribution in [0, 0.1) is 16.0 Å². The number of piperidine rings is 2. The summed E-state index contributed by atoms with van der Waals surface area (Å²) in [4.78, 5) is 27.9. The zero-order chi connectivity index (χ0) is 31.0. The van der Waals surface area contributed by atoms with Crippen molar-refractivity contribution in [3.63, 3.8) is 0 Å². The zero-order valence-corrected chi connectivity index (χ0v) is 24.7. The zero-order valence-electron chi connectivity index (χ0n) is 24.7. The highest BCUT2D eigenvalue weighted by Gasteiger charge is 2.30. The molecule has 2 saturated heterocycles. The minimum absolute atomic E-state index is 0.0434. The number of likely N-dealkylation sites (tertiary alicyclic amines) is 2. The Hall–Kier alpha value is -3.38. The van der Waals surface area contributed by atoms with Crippen LogP contribution in [0.5, 0.6) is 11.5 Å². The molecular weight excluding hydrogens is 567 g/mol. The van der Waals surface area contributed by atoms with Crippen molar-refractivity contribution in [2.75, 3.05) is 39.3 Å². The molecule has 2 fully saturated rings. The Bertz CT molecular complexity index is 1210. The van der Waals surface area contributed by atoms with Gasteiger partial charge >= 0.3 is 11.9 Å². The third kappa shape index (κ3) is 9.82. The second-order valence-corrected chi connectivity index (χ2v) is 11.6. The fourth-order valence-electron chi connectivity index (χ4n) is 5.22. The minimum Gasteiger partial charge on any atom is -0.490 e. The summed E-state index contributed by atoms with van der Waals surface area (Å²) in [6.45, 7) is 8.04. The van der Waals surface area contributed by atoms with Crippen molar-refractivity contribution in [1.82, 2.24) is 9.80 Å². The molecule has 236 valence electrons. The molecule has 2 aliphatic heterocycles. The summed E-state index contributed by atoms with van der Waals surface area (Å²) in [5.41, 5.74) is -0.0488. The molecule has 43 heavy (non-hydrogen) atoms. The van der Waals surface area contributed by atoms with Crippen molar-refractivity contribution >= 4 is 11.6 Å². The quantitative estimate of drug-likeness (QED) is 0.213. The summed E-state index contributed by atoms with van der Waals surface area (Å²) < 4.78 is 55.9. The first-order valence-corrected chi connectivity index (χ1v) is 14.8.